The van der Waals surface area contributed by atoms with Gasteiger partial charge in [0.05, 0.1) is 25.7 Å². The van der Waals surface area contributed by atoms with E-state index in [0.29, 0.717) is 36.3 Å². The van der Waals surface area contributed by atoms with Crippen LogP contribution in [0.15, 0.2) is 24.3 Å². The van der Waals surface area contributed by atoms with Gasteiger partial charge in [0.25, 0.3) is 0 Å². The third-order valence-corrected chi connectivity index (χ3v) is 4.04. The highest BCUT2D eigenvalue weighted by atomic mass is 35.5. The van der Waals surface area contributed by atoms with Gasteiger partial charge in [-0.25, -0.2) is 0 Å². The summed E-state index contributed by atoms with van der Waals surface area (Å²) in [6, 6.07) is 7.11. The Morgan fingerprint density at radius 3 is 2.88 bits per heavy atom. The molecule has 1 aliphatic heterocycles. The van der Waals surface area contributed by atoms with Crippen molar-refractivity contribution < 1.29 is 14.3 Å². The van der Waals surface area contributed by atoms with Crippen molar-refractivity contribution in [3.8, 4) is 5.75 Å². The fourth-order valence-corrected chi connectivity index (χ4v) is 2.82. The maximum absolute atomic E-state index is 11.9. The lowest BCUT2D eigenvalue weighted by atomic mass is 10.2. The van der Waals surface area contributed by atoms with Crippen molar-refractivity contribution in [2.75, 3.05) is 39.4 Å². The van der Waals surface area contributed by atoms with Crippen molar-refractivity contribution in [2.24, 2.45) is 5.92 Å². The lowest BCUT2D eigenvalue weighted by Crippen LogP contribution is -2.48. The summed E-state index contributed by atoms with van der Waals surface area (Å²) in [5.41, 5.74) is 0. The summed E-state index contributed by atoms with van der Waals surface area (Å²) in [6.45, 7) is 8.97. The lowest BCUT2D eigenvalue weighted by molar-refractivity contribution is -0.122. The fourth-order valence-electron chi connectivity index (χ4n) is 2.69. The molecule has 1 amide bonds. The predicted octanol–water partition coefficient (Wildman–Crippen LogP) is 2.58. The summed E-state index contributed by atoms with van der Waals surface area (Å²) in [6.07, 6.45) is 0.393. The Morgan fingerprint density at radius 1 is 1.42 bits per heavy atom. The number of ether oxygens (including phenoxy) is 2. The molecule has 24 heavy (non-hydrogen) atoms. The number of carbonyl (C=O) groups excluding carboxylic acids is 1. The molecule has 1 heterocycles. The van der Waals surface area contributed by atoms with Crippen molar-refractivity contribution >= 4 is 17.5 Å². The molecule has 0 aliphatic carbocycles. The van der Waals surface area contributed by atoms with Crippen LogP contribution in [0.3, 0.4) is 0 Å². The molecule has 5 nitrogen and oxygen atoms in total. The molecule has 0 bridgehead atoms. The van der Waals surface area contributed by atoms with Gasteiger partial charge in [0.2, 0.25) is 5.91 Å². The van der Waals surface area contributed by atoms with Crippen LogP contribution in [-0.2, 0) is 9.53 Å². The molecule has 1 aromatic carbocycles. The second-order valence-electron chi connectivity index (χ2n) is 6.50. The second kappa shape index (κ2) is 9.87. The van der Waals surface area contributed by atoms with E-state index in [1.165, 1.54) is 0 Å². The van der Waals surface area contributed by atoms with Crippen LogP contribution in [0.2, 0.25) is 5.02 Å². The van der Waals surface area contributed by atoms with E-state index in [-0.39, 0.29) is 12.0 Å². The van der Waals surface area contributed by atoms with Crippen LogP contribution in [0, 0.1) is 5.92 Å². The van der Waals surface area contributed by atoms with Gasteiger partial charge in [-0.05, 0) is 30.2 Å². The molecule has 134 valence electrons. The molecule has 1 fully saturated rings. The van der Waals surface area contributed by atoms with E-state index in [0.717, 1.165) is 26.2 Å². The van der Waals surface area contributed by atoms with E-state index in [4.69, 9.17) is 21.1 Å². The number of hydrogen-bond acceptors (Lipinski definition) is 4. The van der Waals surface area contributed by atoms with Crippen LogP contribution in [0.25, 0.3) is 0 Å². The number of amides is 1. The molecular weight excluding hydrogens is 328 g/mol. The molecule has 0 unspecified atom stereocenters. The highest BCUT2D eigenvalue weighted by Gasteiger charge is 2.21. The summed E-state index contributed by atoms with van der Waals surface area (Å²) in [4.78, 5) is 14.3. The molecular formula is C18H27ClN2O3. The topological polar surface area (TPSA) is 50.8 Å². The molecule has 0 spiro atoms. The SMILES string of the molecule is CC(C)CN1CCO[C@@H](CNC(=O)CCOc2ccc(Cl)cc2)C1. The van der Waals surface area contributed by atoms with Gasteiger partial charge in [0.15, 0.2) is 0 Å². The highest BCUT2D eigenvalue weighted by molar-refractivity contribution is 6.30. The first-order chi connectivity index (χ1) is 11.5. The van der Waals surface area contributed by atoms with Crippen molar-refractivity contribution in [3.63, 3.8) is 0 Å². The summed E-state index contributed by atoms with van der Waals surface area (Å²) in [5, 5.41) is 3.60. The Balaban J connectivity index is 1.61. The molecule has 1 N–H and O–H groups in total. The number of morpholine rings is 1. The van der Waals surface area contributed by atoms with E-state index < -0.39 is 0 Å². The Hall–Kier alpha value is -1.30. The van der Waals surface area contributed by atoms with Gasteiger partial charge in [0, 0.05) is 31.2 Å². The molecule has 2 rings (SSSR count). The molecule has 0 radical (unpaired) electrons. The standard InChI is InChI=1S/C18H27ClN2O3/c1-14(2)12-21-8-10-24-17(13-21)11-20-18(22)7-9-23-16-5-3-15(19)4-6-16/h3-6,14,17H,7-13H2,1-2H3,(H,20,22)/t17-/m0/s1. The zero-order chi connectivity index (χ0) is 17.4. The Bertz CT molecular complexity index is 507. The number of carbonyl (C=O) groups is 1. The van der Waals surface area contributed by atoms with E-state index in [1.54, 1.807) is 24.3 Å². The number of nitrogens with zero attached hydrogens (tertiary/aromatic N) is 1. The zero-order valence-corrected chi connectivity index (χ0v) is 15.2. The van der Waals surface area contributed by atoms with Gasteiger partial charge >= 0.3 is 0 Å². The average Bonchev–Trinajstić information content (AvgIpc) is 2.54. The number of hydrogen-bond donors (Lipinski definition) is 1. The van der Waals surface area contributed by atoms with Crippen LogP contribution < -0.4 is 10.1 Å². The normalized spacial score (nSPS) is 18.6. The monoisotopic (exact) mass is 354 g/mol. The maximum Gasteiger partial charge on any atom is 0.223 e. The number of nitrogens with one attached hydrogen (secondary N) is 1. The van der Waals surface area contributed by atoms with E-state index in [9.17, 15) is 4.79 Å². The first kappa shape index (κ1) is 19.0. The summed E-state index contributed by atoms with van der Waals surface area (Å²) < 4.78 is 11.3. The van der Waals surface area contributed by atoms with Gasteiger partial charge in [-0.15, -0.1) is 0 Å². The molecule has 6 heteroatoms. The third-order valence-electron chi connectivity index (χ3n) is 3.78. The molecule has 0 saturated carbocycles. The predicted molar refractivity (Wildman–Crippen MR) is 95.6 cm³/mol. The first-order valence-electron chi connectivity index (χ1n) is 8.52. The van der Waals surface area contributed by atoms with Crippen LogP contribution in [0.1, 0.15) is 20.3 Å². The summed E-state index contributed by atoms with van der Waals surface area (Å²) in [7, 11) is 0. The summed E-state index contributed by atoms with van der Waals surface area (Å²) in [5.74, 6) is 1.34. The molecule has 1 atom stereocenters. The largest absolute Gasteiger partial charge is 0.493 e. The zero-order valence-electron chi connectivity index (χ0n) is 14.5. The molecule has 1 aliphatic rings. The van der Waals surface area contributed by atoms with Gasteiger partial charge in [0.1, 0.15) is 5.75 Å². The van der Waals surface area contributed by atoms with Crippen LogP contribution >= 0.6 is 11.6 Å². The second-order valence-corrected chi connectivity index (χ2v) is 6.94. The number of benzene rings is 1. The number of halogens is 1. The molecule has 0 aromatic heterocycles. The van der Waals surface area contributed by atoms with Gasteiger partial charge in [-0.2, -0.15) is 0 Å². The van der Waals surface area contributed by atoms with Crippen LogP contribution in [0.5, 0.6) is 5.75 Å². The average molecular weight is 355 g/mol. The minimum absolute atomic E-state index is 0.0199. The Labute approximate surface area is 149 Å². The lowest BCUT2D eigenvalue weighted by Gasteiger charge is -2.33. The van der Waals surface area contributed by atoms with Crippen molar-refractivity contribution in [1.29, 1.82) is 0 Å². The summed E-state index contributed by atoms with van der Waals surface area (Å²) >= 11 is 5.81. The maximum atomic E-state index is 11.9. The van der Waals surface area contributed by atoms with Crippen molar-refractivity contribution in [3.05, 3.63) is 29.3 Å². The third kappa shape index (κ3) is 7.07. The van der Waals surface area contributed by atoms with E-state index in [1.807, 2.05) is 0 Å². The van der Waals surface area contributed by atoms with Gasteiger partial charge in [-0.1, -0.05) is 25.4 Å². The fraction of sp³-hybridized carbons (Fsp3) is 0.611. The van der Waals surface area contributed by atoms with Gasteiger partial charge < -0.3 is 14.8 Å². The van der Waals surface area contributed by atoms with E-state index in [2.05, 4.69) is 24.1 Å². The smallest absolute Gasteiger partial charge is 0.223 e. The molecule has 1 saturated heterocycles. The van der Waals surface area contributed by atoms with Crippen molar-refractivity contribution in [1.82, 2.24) is 10.2 Å². The number of rotatable bonds is 8. The van der Waals surface area contributed by atoms with Crippen molar-refractivity contribution in [2.45, 2.75) is 26.4 Å². The Morgan fingerprint density at radius 2 is 2.17 bits per heavy atom. The first-order valence-corrected chi connectivity index (χ1v) is 8.89. The Kier molecular flexibility index (Phi) is 7.82. The minimum atomic E-state index is -0.0199. The van der Waals surface area contributed by atoms with Gasteiger partial charge in [-0.3, -0.25) is 9.69 Å². The van der Waals surface area contributed by atoms with Crippen LogP contribution in [0.4, 0.5) is 0 Å². The molecule has 1 aromatic rings. The van der Waals surface area contributed by atoms with Crippen LogP contribution in [-0.4, -0.2) is 56.3 Å². The minimum Gasteiger partial charge on any atom is -0.493 e. The highest BCUT2D eigenvalue weighted by Crippen LogP contribution is 2.15. The quantitative estimate of drug-likeness (QED) is 0.779. The van der Waals surface area contributed by atoms with E-state index >= 15 is 0 Å².